The standard InChI is InChI=1S/C16H18N2O3/c1-2-21-16(19)13-9-12-3-4-14(10-15(12)17-11-13)18-5-7-20-8-6-18/h3-4,9-11H,2,5-8H2,1H3. The summed E-state index contributed by atoms with van der Waals surface area (Å²) in [5.74, 6) is -0.329. The van der Waals surface area contributed by atoms with Crippen LogP contribution in [0, 0.1) is 0 Å². The number of hydrogen-bond donors (Lipinski definition) is 0. The van der Waals surface area contributed by atoms with Crippen LogP contribution in [-0.4, -0.2) is 43.9 Å². The Labute approximate surface area is 123 Å². The first-order valence-electron chi connectivity index (χ1n) is 7.17. The Kier molecular flexibility index (Phi) is 4.01. The summed E-state index contributed by atoms with van der Waals surface area (Å²) in [6, 6.07) is 7.93. The third-order valence-corrected chi connectivity index (χ3v) is 3.56. The lowest BCUT2D eigenvalue weighted by Crippen LogP contribution is -2.36. The Balaban J connectivity index is 1.88. The number of benzene rings is 1. The van der Waals surface area contributed by atoms with Gasteiger partial charge in [0.15, 0.2) is 0 Å². The average Bonchev–Trinajstić information content (AvgIpc) is 2.55. The van der Waals surface area contributed by atoms with Gasteiger partial charge in [0.2, 0.25) is 0 Å². The number of nitrogens with zero attached hydrogens (tertiary/aromatic N) is 2. The Morgan fingerprint density at radius 3 is 2.90 bits per heavy atom. The van der Waals surface area contributed by atoms with Gasteiger partial charge < -0.3 is 14.4 Å². The zero-order chi connectivity index (χ0) is 14.7. The summed E-state index contributed by atoms with van der Waals surface area (Å²) in [5, 5.41) is 0.942. The molecule has 1 saturated heterocycles. The van der Waals surface area contributed by atoms with Crippen LogP contribution in [0.3, 0.4) is 0 Å². The van der Waals surface area contributed by atoms with Gasteiger partial charge in [-0.05, 0) is 25.1 Å². The molecule has 1 aliphatic rings. The second kappa shape index (κ2) is 6.10. The zero-order valence-corrected chi connectivity index (χ0v) is 12.0. The Morgan fingerprint density at radius 2 is 2.14 bits per heavy atom. The smallest absolute Gasteiger partial charge is 0.339 e. The Bertz CT molecular complexity index is 651. The summed E-state index contributed by atoms with van der Waals surface area (Å²) in [6.45, 7) is 5.47. The van der Waals surface area contributed by atoms with Crippen molar-refractivity contribution in [2.75, 3.05) is 37.8 Å². The van der Waals surface area contributed by atoms with Gasteiger partial charge in [-0.3, -0.25) is 4.98 Å². The topological polar surface area (TPSA) is 51.7 Å². The van der Waals surface area contributed by atoms with Gasteiger partial charge in [0.1, 0.15) is 0 Å². The molecule has 0 bridgehead atoms. The number of pyridine rings is 1. The van der Waals surface area contributed by atoms with E-state index in [0.717, 1.165) is 42.9 Å². The fourth-order valence-electron chi connectivity index (χ4n) is 2.45. The molecule has 5 nitrogen and oxygen atoms in total. The van der Waals surface area contributed by atoms with Crippen LogP contribution in [0.25, 0.3) is 10.9 Å². The van der Waals surface area contributed by atoms with Gasteiger partial charge in [0.25, 0.3) is 0 Å². The minimum absolute atomic E-state index is 0.329. The van der Waals surface area contributed by atoms with Crippen molar-refractivity contribution in [1.29, 1.82) is 0 Å². The van der Waals surface area contributed by atoms with Crippen molar-refractivity contribution in [1.82, 2.24) is 4.98 Å². The molecule has 1 aliphatic heterocycles. The quantitative estimate of drug-likeness (QED) is 0.810. The highest BCUT2D eigenvalue weighted by atomic mass is 16.5. The van der Waals surface area contributed by atoms with Crippen LogP contribution in [0.4, 0.5) is 5.69 Å². The number of hydrogen-bond acceptors (Lipinski definition) is 5. The molecule has 3 rings (SSSR count). The average molecular weight is 286 g/mol. The van der Waals surface area contributed by atoms with E-state index in [9.17, 15) is 4.79 Å². The van der Waals surface area contributed by atoms with Crippen LogP contribution in [0.15, 0.2) is 30.5 Å². The number of carbonyl (C=O) groups is 1. The van der Waals surface area contributed by atoms with E-state index in [-0.39, 0.29) is 5.97 Å². The molecular weight excluding hydrogens is 268 g/mol. The lowest BCUT2D eigenvalue weighted by molar-refractivity contribution is 0.0526. The number of ether oxygens (including phenoxy) is 2. The largest absolute Gasteiger partial charge is 0.462 e. The summed E-state index contributed by atoms with van der Waals surface area (Å²) >= 11 is 0. The van der Waals surface area contributed by atoms with Crippen LogP contribution in [-0.2, 0) is 9.47 Å². The minimum atomic E-state index is -0.329. The normalized spacial score (nSPS) is 15.2. The van der Waals surface area contributed by atoms with E-state index in [1.807, 2.05) is 12.1 Å². The van der Waals surface area contributed by atoms with Gasteiger partial charge in [-0.25, -0.2) is 4.79 Å². The maximum Gasteiger partial charge on any atom is 0.339 e. The molecule has 0 aliphatic carbocycles. The molecule has 2 heterocycles. The summed E-state index contributed by atoms with van der Waals surface area (Å²) in [6.07, 6.45) is 1.57. The number of fused-ring (bicyclic) bond motifs is 1. The number of rotatable bonds is 3. The predicted octanol–water partition coefficient (Wildman–Crippen LogP) is 2.25. The molecule has 0 saturated carbocycles. The van der Waals surface area contributed by atoms with E-state index in [1.54, 1.807) is 13.1 Å². The summed E-state index contributed by atoms with van der Waals surface area (Å²) in [7, 11) is 0. The molecule has 0 spiro atoms. The van der Waals surface area contributed by atoms with Crippen molar-refractivity contribution in [3.8, 4) is 0 Å². The van der Waals surface area contributed by atoms with E-state index in [1.165, 1.54) is 0 Å². The molecule has 0 atom stereocenters. The lowest BCUT2D eigenvalue weighted by Gasteiger charge is -2.28. The number of aromatic nitrogens is 1. The second-order valence-corrected chi connectivity index (χ2v) is 4.92. The van der Waals surface area contributed by atoms with Crippen LogP contribution in [0.2, 0.25) is 0 Å². The van der Waals surface area contributed by atoms with Crippen molar-refractivity contribution in [2.24, 2.45) is 0 Å². The van der Waals surface area contributed by atoms with E-state index in [4.69, 9.17) is 9.47 Å². The van der Waals surface area contributed by atoms with Crippen LogP contribution in [0.5, 0.6) is 0 Å². The maximum absolute atomic E-state index is 11.7. The molecule has 110 valence electrons. The van der Waals surface area contributed by atoms with Gasteiger partial charge in [0, 0.05) is 30.4 Å². The summed E-state index contributed by atoms with van der Waals surface area (Å²) < 4.78 is 10.4. The molecule has 1 aromatic carbocycles. The minimum Gasteiger partial charge on any atom is -0.462 e. The molecule has 0 N–H and O–H groups in total. The number of anilines is 1. The van der Waals surface area contributed by atoms with E-state index >= 15 is 0 Å². The lowest BCUT2D eigenvalue weighted by atomic mass is 10.1. The summed E-state index contributed by atoms with van der Waals surface area (Å²) in [5.41, 5.74) is 2.51. The highest BCUT2D eigenvalue weighted by Crippen LogP contribution is 2.22. The first kappa shape index (κ1) is 13.8. The molecule has 21 heavy (non-hydrogen) atoms. The van der Waals surface area contributed by atoms with E-state index in [0.29, 0.717) is 12.2 Å². The molecule has 0 radical (unpaired) electrons. The highest BCUT2D eigenvalue weighted by molar-refractivity contribution is 5.94. The van der Waals surface area contributed by atoms with Crippen LogP contribution >= 0.6 is 0 Å². The number of esters is 1. The maximum atomic E-state index is 11.7. The Morgan fingerprint density at radius 1 is 1.33 bits per heavy atom. The molecule has 5 heteroatoms. The molecule has 1 fully saturated rings. The third kappa shape index (κ3) is 2.97. The fraction of sp³-hybridized carbons (Fsp3) is 0.375. The highest BCUT2D eigenvalue weighted by Gasteiger charge is 2.13. The van der Waals surface area contributed by atoms with Crippen molar-refractivity contribution in [2.45, 2.75) is 6.92 Å². The molecule has 1 aromatic heterocycles. The molecular formula is C16H18N2O3. The molecule has 0 amide bonds. The van der Waals surface area contributed by atoms with Gasteiger partial charge in [-0.1, -0.05) is 6.07 Å². The summed E-state index contributed by atoms with van der Waals surface area (Å²) in [4.78, 5) is 18.4. The number of morpholine rings is 1. The Hall–Kier alpha value is -2.14. The fourth-order valence-corrected chi connectivity index (χ4v) is 2.45. The first-order valence-corrected chi connectivity index (χ1v) is 7.17. The number of carbonyl (C=O) groups excluding carboxylic acids is 1. The second-order valence-electron chi connectivity index (χ2n) is 4.92. The SMILES string of the molecule is CCOC(=O)c1cnc2cc(N3CCOCC3)ccc2c1. The van der Waals surface area contributed by atoms with E-state index in [2.05, 4.69) is 22.0 Å². The van der Waals surface area contributed by atoms with Crippen molar-refractivity contribution < 1.29 is 14.3 Å². The van der Waals surface area contributed by atoms with Gasteiger partial charge in [-0.2, -0.15) is 0 Å². The first-order chi connectivity index (χ1) is 10.3. The monoisotopic (exact) mass is 286 g/mol. The van der Waals surface area contributed by atoms with Crippen LogP contribution in [0.1, 0.15) is 17.3 Å². The predicted molar refractivity (Wildman–Crippen MR) is 80.7 cm³/mol. The van der Waals surface area contributed by atoms with Crippen molar-refractivity contribution >= 4 is 22.6 Å². The van der Waals surface area contributed by atoms with Crippen molar-refractivity contribution in [3.63, 3.8) is 0 Å². The van der Waals surface area contributed by atoms with Gasteiger partial charge in [0.05, 0.1) is 30.9 Å². The van der Waals surface area contributed by atoms with Crippen LogP contribution < -0.4 is 4.90 Å². The van der Waals surface area contributed by atoms with E-state index < -0.39 is 0 Å². The van der Waals surface area contributed by atoms with Gasteiger partial charge in [-0.15, -0.1) is 0 Å². The molecule has 0 unspecified atom stereocenters. The third-order valence-electron chi connectivity index (χ3n) is 3.56. The van der Waals surface area contributed by atoms with Crippen molar-refractivity contribution in [3.05, 3.63) is 36.0 Å². The zero-order valence-electron chi connectivity index (χ0n) is 12.0. The molecule has 2 aromatic rings. The van der Waals surface area contributed by atoms with Gasteiger partial charge >= 0.3 is 5.97 Å².